The standard InChI is InChI=1S/C20H22N2O4/c1-26-20(25)13-6-8-16(9-7-13)22-18(23)10-17(19(22)24)21-11-14-4-2-3-5-15(14)12-21/h2-3,6-9,14-15,17H,4-5,10-12H2,1H3/t14-,15+,17-/m0/s1. The van der Waals surface area contributed by atoms with Crippen LogP contribution in [-0.4, -0.2) is 48.9 Å². The molecule has 3 aliphatic rings. The normalized spacial score (nSPS) is 28.5. The molecule has 0 spiro atoms. The van der Waals surface area contributed by atoms with Gasteiger partial charge in [-0.25, -0.2) is 9.69 Å². The highest BCUT2D eigenvalue weighted by Gasteiger charge is 2.46. The van der Waals surface area contributed by atoms with Crippen molar-refractivity contribution in [2.45, 2.75) is 25.3 Å². The summed E-state index contributed by atoms with van der Waals surface area (Å²) in [5, 5.41) is 0. The second-order valence-corrected chi connectivity index (χ2v) is 7.24. The lowest BCUT2D eigenvalue weighted by molar-refractivity contribution is -0.122. The molecule has 0 unspecified atom stereocenters. The number of allylic oxidation sites excluding steroid dienone is 2. The van der Waals surface area contributed by atoms with Gasteiger partial charge in [0.25, 0.3) is 5.91 Å². The first-order valence-corrected chi connectivity index (χ1v) is 9.02. The minimum absolute atomic E-state index is 0.160. The molecule has 4 rings (SSSR count). The third kappa shape index (κ3) is 2.84. The lowest BCUT2D eigenvalue weighted by atomic mass is 9.86. The third-order valence-electron chi connectivity index (χ3n) is 5.76. The molecule has 0 saturated carbocycles. The van der Waals surface area contributed by atoms with Gasteiger partial charge >= 0.3 is 5.97 Å². The van der Waals surface area contributed by atoms with Crippen molar-refractivity contribution in [1.29, 1.82) is 0 Å². The maximum absolute atomic E-state index is 12.9. The second kappa shape index (κ2) is 6.68. The van der Waals surface area contributed by atoms with Crippen molar-refractivity contribution in [2.24, 2.45) is 11.8 Å². The molecule has 0 bridgehead atoms. The molecule has 2 heterocycles. The molecular formula is C20H22N2O4. The minimum atomic E-state index is -0.443. The van der Waals surface area contributed by atoms with E-state index in [0.29, 0.717) is 23.1 Å². The Morgan fingerprint density at radius 1 is 1.04 bits per heavy atom. The van der Waals surface area contributed by atoms with Crippen LogP contribution in [0, 0.1) is 11.8 Å². The summed E-state index contributed by atoms with van der Waals surface area (Å²) in [6.45, 7) is 1.77. The molecule has 0 aromatic heterocycles. The molecule has 2 saturated heterocycles. The van der Waals surface area contributed by atoms with Crippen molar-refractivity contribution >= 4 is 23.5 Å². The predicted octanol–water partition coefficient (Wildman–Crippen LogP) is 2.00. The summed E-state index contributed by atoms with van der Waals surface area (Å²) in [5.74, 6) is 0.403. The summed E-state index contributed by atoms with van der Waals surface area (Å²) in [6, 6.07) is 6.03. The van der Waals surface area contributed by atoms with E-state index < -0.39 is 5.97 Å². The zero-order valence-corrected chi connectivity index (χ0v) is 14.8. The Morgan fingerprint density at radius 2 is 1.65 bits per heavy atom. The highest BCUT2D eigenvalue weighted by atomic mass is 16.5. The molecule has 3 atom stereocenters. The fraction of sp³-hybridized carbons (Fsp3) is 0.450. The van der Waals surface area contributed by atoms with Crippen LogP contribution in [0.1, 0.15) is 29.6 Å². The lowest BCUT2D eigenvalue weighted by Crippen LogP contribution is -2.41. The molecule has 0 radical (unpaired) electrons. The van der Waals surface area contributed by atoms with Gasteiger partial charge < -0.3 is 4.74 Å². The number of imide groups is 1. The zero-order valence-electron chi connectivity index (χ0n) is 14.8. The van der Waals surface area contributed by atoms with Crippen LogP contribution < -0.4 is 4.90 Å². The number of carbonyl (C=O) groups excluding carboxylic acids is 3. The number of anilines is 1. The van der Waals surface area contributed by atoms with Gasteiger partial charge in [-0.1, -0.05) is 12.2 Å². The molecule has 2 fully saturated rings. The fourth-order valence-electron chi connectivity index (χ4n) is 4.34. The Hall–Kier alpha value is -2.47. The molecule has 1 aromatic rings. The van der Waals surface area contributed by atoms with Crippen molar-refractivity contribution in [3.8, 4) is 0 Å². The Bertz CT molecular complexity index is 755. The molecule has 0 N–H and O–H groups in total. The van der Waals surface area contributed by atoms with Gasteiger partial charge in [0.2, 0.25) is 5.91 Å². The van der Waals surface area contributed by atoms with E-state index in [1.54, 1.807) is 24.3 Å². The fourth-order valence-corrected chi connectivity index (χ4v) is 4.34. The van der Waals surface area contributed by atoms with Crippen molar-refractivity contribution in [1.82, 2.24) is 4.90 Å². The second-order valence-electron chi connectivity index (χ2n) is 7.24. The number of esters is 1. The average molecular weight is 354 g/mol. The number of nitrogens with zero attached hydrogens (tertiary/aromatic N) is 2. The van der Waals surface area contributed by atoms with Crippen molar-refractivity contribution in [3.63, 3.8) is 0 Å². The van der Waals surface area contributed by atoms with Crippen LogP contribution in [0.4, 0.5) is 5.69 Å². The number of fused-ring (bicyclic) bond motifs is 1. The van der Waals surface area contributed by atoms with Crippen LogP contribution >= 0.6 is 0 Å². The van der Waals surface area contributed by atoms with E-state index >= 15 is 0 Å². The van der Waals surface area contributed by atoms with Gasteiger partial charge in [-0.2, -0.15) is 0 Å². The number of carbonyl (C=O) groups is 3. The van der Waals surface area contributed by atoms with Gasteiger partial charge in [0, 0.05) is 13.1 Å². The van der Waals surface area contributed by atoms with Crippen molar-refractivity contribution in [2.75, 3.05) is 25.1 Å². The van der Waals surface area contributed by atoms with E-state index in [9.17, 15) is 14.4 Å². The van der Waals surface area contributed by atoms with Crippen LogP contribution in [0.3, 0.4) is 0 Å². The van der Waals surface area contributed by atoms with Gasteiger partial charge in [-0.3, -0.25) is 14.5 Å². The minimum Gasteiger partial charge on any atom is -0.465 e. The molecule has 6 nitrogen and oxygen atoms in total. The molecule has 2 aliphatic heterocycles. The monoisotopic (exact) mass is 354 g/mol. The summed E-state index contributed by atoms with van der Waals surface area (Å²) in [6.07, 6.45) is 6.80. The number of amides is 2. The molecule has 2 amide bonds. The Kier molecular flexibility index (Phi) is 4.36. The Balaban J connectivity index is 1.50. The van der Waals surface area contributed by atoms with Gasteiger partial charge in [0.15, 0.2) is 0 Å². The average Bonchev–Trinajstić information content (AvgIpc) is 3.21. The number of rotatable bonds is 3. The van der Waals surface area contributed by atoms with Crippen LogP contribution in [0.5, 0.6) is 0 Å². The molecular weight excluding hydrogens is 332 g/mol. The van der Waals surface area contributed by atoms with Gasteiger partial charge in [-0.05, 0) is 48.9 Å². The maximum atomic E-state index is 12.9. The molecule has 1 aromatic carbocycles. The van der Waals surface area contributed by atoms with Gasteiger partial charge in [-0.15, -0.1) is 0 Å². The predicted molar refractivity (Wildman–Crippen MR) is 95.6 cm³/mol. The van der Waals surface area contributed by atoms with E-state index in [-0.39, 0.29) is 24.3 Å². The quantitative estimate of drug-likeness (QED) is 0.472. The summed E-state index contributed by atoms with van der Waals surface area (Å²) in [5.41, 5.74) is 0.899. The number of ether oxygens (including phenoxy) is 1. The van der Waals surface area contributed by atoms with E-state index in [0.717, 1.165) is 25.9 Å². The zero-order chi connectivity index (χ0) is 18.3. The third-order valence-corrected chi connectivity index (χ3v) is 5.76. The van der Waals surface area contributed by atoms with Crippen LogP contribution in [0.2, 0.25) is 0 Å². The van der Waals surface area contributed by atoms with Crippen molar-refractivity contribution in [3.05, 3.63) is 42.0 Å². The largest absolute Gasteiger partial charge is 0.465 e. The van der Waals surface area contributed by atoms with Crippen LogP contribution in [0.15, 0.2) is 36.4 Å². The summed E-state index contributed by atoms with van der Waals surface area (Å²) in [4.78, 5) is 40.4. The number of likely N-dealkylation sites (tertiary alicyclic amines) is 1. The topological polar surface area (TPSA) is 66.9 Å². The number of benzene rings is 1. The summed E-state index contributed by atoms with van der Waals surface area (Å²) < 4.78 is 4.68. The van der Waals surface area contributed by atoms with E-state index in [1.165, 1.54) is 12.0 Å². The molecule has 1 aliphatic carbocycles. The smallest absolute Gasteiger partial charge is 0.337 e. The first kappa shape index (κ1) is 17.0. The number of methoxy groups -OCH3 is 1. The molecule has 26 heavy (non-hydrogen) atoms. The van der Waals surface area contributed by atoms with Gasteiger partial charge in [0.05, 0.1) is 30.8 Å². The first-order chi connectivity index (χ1) is 12.6. The number of hydrogen-bond acceptors (Lipinski definition) is 5. The Labute approximate surface area is 152 Å². The summed E-state index contributed by atoms with van der Waals surface area (Å²) in [7, 11) is 1.32. The van der Waals surface area contributed by atoms with Crippen molar-refractivity contribution < 1.29 is 19.1 Å². The van der Waals surface area contributed by atoms with Crippen LogP contribution in [-0.2, 0) is 14.3 Å². The summed E-state index contributed by atoms with van der Waals surface area (Å²) >= 11 is 0. The Morgan fingerprint density at radius 3 is 2.23 bits per heavy atom. The van der Waals surface area contributed by atoms with E-state index in [2.05, 4.69) is 21.8 Å². The van der Waals surface area contributed by atoms with Gasteiger partial charge in [0.1, 0.15) is 0 Å². The van der Waals surface area contributed by atoms with E-state index in [4.69, 9.17) is 0 Å². The highest BCUT2D eigenvalue weighted by Crippen LogP contribution is 2.36. The van der Waals surface area contributed by atoms with E-state index in [1.807, 2.05) is 0 Å². The molecule has 136 valence electrons. The van der Waals surface area contributed by atoms with Crippen LogP contribution in [0.25, 0.3) is 0 Å². The first-order valence-electron chi connectivity index (χ1n) is 9.02. The highest BCUT2D eigenvalue weighted by molar-refractivity contribution is 6.22. The lowest BCUT2D eigenvalue weighted by Gasteiger charge is -2.22. The maximum Gasteiger partial charge on any atom is 0.337 e. The number of hydrogen-bond donors (Lipinski definition) is 0. The molecule has 6 heteroatoms. The SMILES string of the molecule is COC(=O)c1ccc(N2C(=O)C[C@H](N3C[C@H]4CC=CC[C@H]4C3)C2=O)cc1.